The Kier molecular flexibility index (Phi) is 3.34. The number of hydrogen-bond donors (Lipinski definition) is 1. The molecule has 0 spiro atoms. The Bertz CT molecular complexity index is 565. The molecule has 1 aliphatic carbocycles. The van der Waals surface area contributed by atoms with Crippen LogP contribution in [-0.2, 0) is 12.8 Å². The lowest BCUT2D eigenvalue weighted by atomic mass is 9.76. The van der Waals surface area contributed by atoms with Crippen molar-refractivity contribution in [3.05, 3.63) is 71.0 Å². The van der Waals surface area contributed by atoms with Crippen molar-refractivity contribution >= 4 is 0 Å². The van der Waals surface area contributed by atoms with Crippen molar-refractivity contribution in [2.75, 3.05) is 0 Å². The van der Waals surface area contributed by atoms with Crippen LogP contribution in [0.4, 0.5) is 4.39 Å². The molecule has 3 rings (SSSR count). The number of rotatable bonds is 2. The molecule has 0 saturated heterocycles. The van der Waals surface area contributed by atoms with E-state index in [1.165, 1.54) is 11.1 Å². The molecule has 2 heteroatoms. The van der Waals surface area contributed by atoms with Gasteiger partial charge < -0.3 is 5.73 Å². The van der Waals surface area contributed by atoms with Crippen LogP contribution in [0.25, 0.3) is 0 Å². The summed E-state index contributed by atoms with van der Waals surface area (Å²) in [6.07, 6.45) is 2.76. The fraction of sp³-hybridized carbons (Fsp3) is 0.294. The zero-order valence-corrected chi connectivity index (χ0v) is 10.9. The van der Waals surface area contributed by atoms with Crippen LogP contribution in [0.3, 0.4) is 0 Å². The molecule has 2 aromatic rings. The van der Waals surface area contributed by atoms with Gasteiger partial charge in [-0.3, -0.25) is 0 Å². The molecule has 2 N–H and O–H groups in total. The van der Waals surface area contributed by atoms with Gasteiger partial charge in [-0.15, -0.1) is 0 Å². The molecule has 0 fully saturated rings. The summed E-state index contributed by atoms with van der Waals surface area (Å²) in [7, 11) is 0. The Balaban J connectivity index is 1.93. The van der Waals surface area contributed by atoms with Gasteiger partial charge in [0.05, 0.1) is 0 Å². The van der Waals surface area contributed by atoms with E-state index >= 15 is 0 Å². The van der Waals surface area contributed by atoms with Crippen LogP contribution in [-0.4, -0.2) is 6.04 Å². The largest absolute Gasteiger partial charge is 0.327 e. The molecule has 0 amide bonds. The van der Waals surface area contributed by atoms with Crippen molar-refractivity contribution < 1.29 is 4.39 Å². The molecular formula is C17H18FN. The van der Waals surface area contributed by atoms with E-state index in [0.29, 0.717) is 5.92 Å². The SMILES string of the molecule is N[C@H]1CCc2cc(F)ccc2[C@H]1Cc1ccccc1. The maximum absolute atomic E-state index is 13.3. The molecule has 0 bridgehead atoms. The topological polar surface area (TPSA) is 26.0 Å². The lowest BCUT2D eigenvalue weighted by Gasteiger charge is -2.31. The molecule has 1 aliphatic rings. The second kappa shape index (κ2) is 5.14. The molecular weight excluding hydrogens is 237 g/mol. The highest BCUT2D eigenvalue weighted by Crippen LogP contribution is 2.33. The van der Waals surface area contributed by atoms with Gasteiger partial charge in [0.1, 0.15) is 5.82 Å². The van der Waals surface area contributed by atoms with Crippen LogP contribution in [0, 0.1) is 5.82 Å². The first-order valence-electron chi connectivity index (χ1n) is 6.82. The van der Waals surface area contributed by atoms with Gasteiger partial charge >= 0.3 is 0 Å². The van der Waals surface area contributed by atoms with E-state index in [-0.39, 0.29) is 11.9 Å². The van der Waals surface area contributed by atoms with Crippen LogP contribution in [0.2, 0.25) is 0 Å². The van der Waals surface area contributed by atoms with E-state index in [2.05, 4.69) is 24.3 Å². The van der Waals surface area contributed by atoms with Crippen molar-refractivity contribution in [1.82, 2.24) is 0 Å². The van der Waals surface area contributed by atoms with Crippen LogP contribution in [0.5, 0.6) is 0 Å². The standard InChI is InChI=1S/C17H18FN/c18-14-7-8-15-13(11-14)6-9-17(19)16(15)10-12-4-2-1-3-5-12/h1-5,7-8,11,16-17H,6,9-10,19H2/t16-,17+/m1/s1. The van der Waals surface area contributed by atoms with Crippen LogP contribution < -0.4 is 5.73 Å². The van der Waals surface area contributed by atoms with Crippen LogP contribution >= 0.6 is 0 Å². The average Bonchev–Trinajstić information content (AvgIpc) is 2.43. The smallest absolute Gasteiger partial charge is 0.123 e. The van der Waals surface area contributed by atoms with Crippen LogP contribution in [0.1, 0.15) is 29.0 Å². The van der Waals surface area contributed by atoms with E-state index in [1.54, 1.807) is 12.1 Å². The Hall–Kier alpha value is -1.67. The van der Waals surface area contributed by atoms with Crippen LogP contribution in [0.15, 0.2) is 48.5 Å². The molecule has 2 atom stereocenters. The molecule has 0 heterocycles. The second-order valence-electron chi connectivity index (χ2n) is 5.34. The summed E-state index contributed by atoms with van der Waals surface area (Å²) in [5.74, 6) is 0.152. The number of benzene rings is 2. The average molecular weight is 255 g/mol. The number of halogens is 1. The summed E-state index contributed by atoms with van der Waals surface area (Å²) in [6.45, 7) is 0. The van der Waals surface area contributed by atoms with E-state index in [9.17, 15) is 4.39 Å². The second-order valence-corrected chi connectivity index (χ2v) is 5.34. The third-order valence-corrected chi connectivity index (χ3v) is 4.07. The van der Waals surface area contributed by atoms with Crippen molar-refractivity contribution in [3.63, 3.8) is 0 Å². The zero-order valence-electron chi connectivity index (χ0n) is 10.9. The number of hydrogen-bond acceptors (Lipinski definition) is 1. The maximum atomic E-state index is 13.3. The highest BCUT2D eigenvalue weighted by Gasteiger charge is 2.27. The van der Waals surface area contributed by atoms with E-state index in [0.717, 1.165) is 24.8 Å². The fourth-order valence-electron chi connectivity index (χ4n) is 3.04. The van der Waals surface area contributed by atoms with Gasteiger partial charge in [-0.2, -0.15) is 0 Å². The molecule has 1 nitrogen and oxygen atoms in total. The molecule has 0 radical (unpaired) electrons. The van der Waals surface area contributed by atoms with Crippen molar-refractivity contribution in [2.24, 2.45) is 5.73 Å². The highest BCUT2D eigenvalue weighted by molar-refractivity contribution is 5.36. The Morgan fingerprint density at radius 2 is 1.89 bits per heavy atom. The van der Waals surface area contributed by atoms with Crippen molar-refractivity contribution in [2.45, 2.75) is 31.2 Å². The summed E-state index contributed by atoms with van der Waals surface area (Å²) in [4.78, 5) is 0. The fourth-order valence-corrected chi connectivity index (χ4v) is 3.04. The summed E-state index contributed by atoms with van der Waals surface area (Å²) in [6, 6.07) is 15.7. The molecule has 98 valence electrons. The minimum atomic E-state index is -0.146. The molecule has 19 heavy (non-hydrogen) atoms. The molecule has 0 saturated carbocycles. The highest BCUT2D eigenvalue weighted by atomic mass is 19.1. The minimum absolute atomic E-state index is 0.146. The first-order chi connectivity index (χ1) is 9.24. The van der Waals surface area contributed by atoms with E-state index in [4.69, 9.17) is 5.73 Å². The third kappa shape index (κ3) is 2.54. The predicted octanol–water partition coefficient (Wildman–Crippen LogP) is 3.43. The van der Waals surface area contributed by atoms with Crippen molar-refractivity contribution in [1.29, 1.82) is 0 Å². The molecule has 0 unspecified atom stereocenters. The zero-order chi connectivity index (χ0) is 13.2. The lowest BCUT2D eigenvalue weighted by Crippen LogP contribution is -2.34. The third-order valence-electron chi connectivity index (χ3n) is 4.07. The maximum Gasteiger partial charge on any atom is 0.123 e. The number of fused-ring (bicyclic) bond motifs is 1. The Morgan fingerprint density at radius 1 is 1.11 bits per heavy atom. The molecule has 0 aromatic heterocycles. The first-order valence-corrected chi connectivity index (χ1v) is 6.82. The lowest BCUT2D eigenvalue weighted by molar-refractivity contribution is 0.465. The van der Waals surface area contributed by atoms with Gasteiger partial charge in [0.25, 0.3) is 0 Å². The van der Waals surface area contributed by atoms with Crippen molar-refractivity contribution in [3.8, 4) is 0 Å². The molecule has 2 aromatic carbocycles. The van der Waals surface area contributed by atoms with E-state index in [1.807, 2.05) is 12.1 Å². The van der Waals surface area contributed by atoms with E-state index < -0.39 is 0 Å². The monoisotopic (exact) mass is 255 g/mol. The normalized spacial score (nSPS) is 22.0. The Morgan fingerprint density at radius 3 is 2.68 bits per heavy atom. The number of aryl methyl sites for hydroxylation is 1. The summed E-state index contributed by atoms with van der Waals surface area (Å²) in [5, 5.41) is 0. The van der Waals surface area contributed by atoms with Gasteiger partial charge in [0.2, 0.25) is 0 Å². The summed E-state index contributed by atoms with van der Waals surface area (Å²) >= 11 is 0. The Labute approximate surface area is 113 Å². The van der Waals surface area contributed by atoms with Gasteiger partial charge in [-0.1, -0.05) is 36.4 Å². The van der Waals surface area contributed by atoms with Gasteiger partial charge in [-0.25, -0.2) is 4.39 Å². The minimum Gasteiger partial charge on any atom is -0.327 e. The number of nitrogens with two attached hydrogens (primary N) is 1. The summed E-state index contributed by atoms with van der Waals surface area (Å²) < 4.78 is 13.3. The summed E-state index contributed by atoms with van der Waals surface area (Å²) in [5.41, 5.74) is 9.93. The van der Waals surface area contributed by atoms with Gasteiger partial charge in [0.15, 0.2) is 0 Å². The quantitative estimate of drug-likeness (QED) is 0.874. The first kappa shape index (κ1) is 12.4. The predicted molar refractivity (Wildman–Crippen MR) is 75.6 cm³/mol. The van der Waals surface area contributed by atoms with Gasteiger partial charge in [0, 0.05) is 12.0 Å². The molecule has 0 aliphatic heterocycles. The van der Waals surface area contributed by atoms with Gasteiger partial charge in [-0.05, 0) is 48.1 Å².